The second-order valence-electron chi connectivity index (χ2n) is 7.15. The molecule has 6 heteroatoms. The Morgan fingerprint density at radius 3 is 2.58 bits per heavy atom. The summed E-state index contributed by atoms with van der Waals surface area (Å²) in [6.45, 7) is 1.46. The van der Waals surface area contributed by atoms with Crippen LogP contribution in [-0.2, 0) is 4.74 Å². The maximum atomic E-state index is 5.98. The Morgan fingerprint density at radius 2 is 1.85 bits per heavy atom. The fraction of sp³-hybridized carbons (Fsp3) is 0.500. The lowest BCUT2D eigenvalue weighted by atomic mass is 9.92. The molecule has 0 bridgehead atoms. The van der Waals surface area contributed by atoms with Crippen molar-refractivity contribution in [1.82, 2.24) is 9.97 Å². The molecule has 1 saturated heterocycles. The van der Waals surface area contributed by atoms with Crippen LogP contribution < -0.4 is 15.8 Å². The summed E-state index contributed by atoms with van der Waals surface area (Å²) in [6, 6.07) is 10.7. The first-order valence-electron chi connectivity index (χ1n) is 9.46. The second-order valence-corrected chi connectivity index (χ2v) is 7.15. The van der Waals surface area contributed by atoms with Crippen LogP contribution in [0.3, 0.4) is 0 Å². The minimum absolute atomic E-state index is 0.166. The Morgan fingerprint density at radius 1 is 1.04 bits per heavy atom. The first-order valence-corrected chi connectivity index (χ1v) is 9.46. The van der Waals surface area contributed by atoms with Gasteiger partial charge in [0.05, 0.1) is 18.9 Å². The van der Waals surface area contributed by atoms with Gasteiger partial charge in [0.1, 0.15) is 11.9 Å². The summed E-state index contributed by atoms with van der Waals surface area (Å²) in [7, 11) is 0. The van der Waals surface area contributed by atoms with Gasteiger partial charge in [-0.2, -0.15) is 0 Å². The van der Waals surface area contributed by atoms with Crippen molar-refractivity contribution >= 4 is 5.95 Å². The lowest BCUT2D eigenvalue weighted by Crippen LogP contribution is -2.33. The Labute approximate surface area is 154 Å². The van der Waals surface area contributed by atoms with Crippen LogP contribution >= 0.6 is 0 Å². The molecule has 1 aliphatic heterocycles. The highest BCUT2D eigenvalue weighted by atomic mass is 16.5. The van der Waals surface area contributed by atoms with E-state index in [4.69, 9.17) is 15.2 Å². The molecular formula is C20H26N4O2. The third kappa shape index (κ3) is 4.31. The molecule has 1 atom stereocenters. The van der Waals surface area contributed by atoms with E-state index in [1.54, 1.807) is 6.20 Å². The monoisotopic (exact) mass is 354 g/mol. The molecule has 138 valence electrons. The topological polar surface area (TPSA) is 82.3 Å². The molecule has 1 aromatic heterocycles. The first-order chi connectivity index (χ1) is 12.8. The summed E-state index contributed by atoms with van der Waals surface area (Å²) in [6.07, 6.45) is 7.20. The highest BCUT2D eigenvalue weighted by Crippen LogP contribution is 2.24. The number of hydrogen-bond donors (Lipinski definition) is 2. The van der Waals surface area contributed by atoms with Crippen molar-refractivity contribution < 1.29 is 9.47 Å². The normalized spacial score (nSPS) is 25.8. The van der Waals surface area contributed by atoms with Crippen molar-refractivity contribution in [2.45, 2.75) is 50.3 Å². The van der Waals surface area contributed by atoms with Crippen molar-refractivity contribution in [3.63, 3.8) is 0 Å². The van der Waals surface area contributed by atoms with E-state index in [2.05, 4.69) is 15.3 Å². The Kier molecular flexibility index (Phi) is 5.32. The van der Waals surface area contributed by atoms with Gasteiger partial charge in [0.25, 0.3) is 0 Å². The molecule has 2 heterocycles. The Bertz CT molecular complexity index is 708. The Hall–Kier alpha value is -2.18. The van der Waals surface area contributed by atoms with Crippen LogP contribution in [-0.4, -0.2) is 41.4 Å². The molecular weight excluding hydrogens is 328 g/mol. The highest BCUT2D eigenvalue weighted by molar-refractivity contribution is 5.61. The van der Waals surface area contributed by atoms with E-state index < -0.39 is 0 Å². The summed E-state index contributed by atoms with van der Waals surface area (Å²) in [5.41, 5.74) is 7.94. The zero-order chi connectivity index (χ0) is 17.8. The molecule has 26 heavy (non-hydrogen) atoms. The number of nitrogens with two attached hydrogens (primary N) is 1. The van der Waals surface area contributed by atoms with Crippen LogP contribution in [0.25, 0.3) is 11.3 Å². The number of hydrogen-bond acceptors (Lipinski definition) is 6. The molecule has 3 N–H and O–H groups in total. The number of anilines is 1. The van der Waals surface area contributed by atoms with Gasteiger partial charge >= 0.3 is 0 Å². The Balaban J connectivity index is 1.40. The second kappa shape index (κ2) is 8.01. The van der Waals surface area contributed by atoms with Crippen LogP contribution in [0, 0.1) is 0 Å². The molecule has 1 unspecified atom stereocenters. The SMILES string of the molecule is NC1CCC(Nc2nccc(-c3ccc(OC4CCOC4)cc3)n2)CC1. The van der Waals surface area contributed by atoms with Crippen LogP contribution in [0.1, 0.15) is 32.1 Å². The van der Waals surface area contributed by atoms with Gasteiger partial charge in [-0.05, 0) is 56.0 Å². The van der Waals surface area contributed by atoms with Crippen molar-refractivity contribution in [2.24, 2.45) is 5.73 Å². The molecule has 0 spiro atoms. The van der Waals surface area contributed by atoms with Gasteiger partial charge < -0.3 is 20.5 Å². The molecule has 1 aromatic carbocycles. The van der Waals surface area contributed by atoms with Crippen LogP contribution in [0.4, 0.5) is 5.95 Å². The zero-order valence-corrected chi connectivity index (χ0v) is 14.9. The third-order valence-corrected chi connectivity index (χ3v) is 5.10. The van der Waals surface area contributed by atoms with Gasteiger partial charge in [0, 0.05) is 30.3 Å². The molecule has 4 rings (SSSR count). The van der Waals surface area contributed by atoms with E-state index in [1.165, 1.54) is 0 Å². The van der Waals surface area contributed by atoms with Gasteiger partial charge in [-0.1, -0.05) is 0 Å². The quantitative estimate of drug-likeness (QED) is 0.859. The van der Waals surface area contributed by atoms with Gasteiger partial charge in [0.2, 0.25) is 5.95 Å². The van der Waals surface area contributed by atoms with Crippen molar-refractivity contribution in [3.8, 4) is 17.0 Å². The lowest BCUT2D eigenvalue weighted by molar-refractivity contribution is 0.141. The maximum Gasteiger partial charge on any atom is 0.223 e. The van der Waals surface area contributed by atoms with E-state index >= 15 is 0 Å². The smallest absolute Gasteiger partial charge is 0.223 e. The molecule has 6 nitrogen and oxygen atoms in total. The minimum atomic E-state index is 0.166. The molecule has 2 aromatic rings. The molecule has 0 amide bonds. The number of rotatable bonds is 5. The van der Waals surface area contributed by atoms with Gasteiger partial charge in [-0.15, -0.1) is 0 Å². The average molecular weight is 354 g/mol. The zero-order valence-electron chi connectivity index (χ0n) is 14.9. The fourth-order valence-electron chi connectivity index (χ4n) is 3.54. The first kappa shape index (κ1) is 17.2. The fourth-order valence-corrected chi connectivity index (χ4v) is 3.54. The number of benzene rings is 1. The maximum absolute atomic E-state index is 5.98. The van der Waals surface area contributed by atoms with E-state index in [1.807, 2.05) is 30.3 Å². The summed E-state index contributed by atoms with van der Waals surface area (Å²) < 4.78 is 11.3. The van der Waals surface area contributed by atoms with E-state index in [9.17, 15) is 0 Å². The molecule has 2 aliphatic rings. The van der Waals surface area contributed by atoms with Crippen LogP contribution in [0.2, 0.25) is 0 Å². The van der Waals surface area contributed by atoms with Crippen molar-refractivity contribution in [3.05, 3.63) is 36.5 Å². The number of nitrogens with zero attached hydrogens (tertiary/aromatic N) is 2. The summed E-state index contributed by atoms with van der Waals surface area (Å²) in [5, 5.41) is 3.45. The summed E-state index contributed by atoms with van der Waals surface area (Å²) in [4.78, 5) is 9.05. The predicted octanol–water partition coefficient (Wildman–Crippen LogP) is 2.99. The van der Waals surface area contributed by atoms with E-state index in [0.29, 0.717) is 24.6 Å². The van der Waals surface area contributed by atoms with Crippen LogP contribution in [0.15, 0.2) is 36.5 Å². The summed E-state index contributed by atoms with van der Waals surface area (Å²) >= 11 is 0. The summed E-state index contributed by atoms with van der Waals surface area (Å²) in [5.74, 6) is 1.56. The average Bonchev–Trinajstić information content (AvgIpc) is 3.18. The highest BCUT2D eigenvalue weighted by Gasteiger charge is 2.19. The predicted molar refractivity (Wildman–Crippen MR) is 101 cm³/mol. The molecule has 2 fully saturated rings. The minimum Gasteiger partial charge on any atom is -0.488 e. The molecule has 1 aliphatic carbocycles. The lowest BCUT2D eigenvalue weighted by Gasteiger charge is -2.26. The van der Waals surface area contributed by atoms with Crippen molar-refractivity contribution in [2.75, 3.05) is 18.5 Å². The van der Waals surface area contributed by atoms with Crippen molar-refractivity contribution in [1.29, 1.82) is 0 Å². The number of ether oxygens (including phenoxy) is 2. The third-order valence-electron chi connectivity index (χ3n) is 5.10. The van der Waals surface area contributed by atoms with E-state index in [0.717, 1.165) is 55.7 Å². The number of nitrogens with one attached hydrogen (secondary N) is 1. The standard InChI is InChI=1S/C20H26N4O2/c21-15-3-5-16(6-4-15)23-20-22-11-9-19(24-20)14-1-7-17(8-2-14)26-18-10-12-25-13-18/h1-2,7-9,11,15-16,18H,3-6,10,12-13,21H2,(H,22,23,24). The molecule has 1 saturated carbocycles. The van der Waals surface area contributed by atoms with Gasteiger partial charge in [-0.25, -0.2) is 9.97 Å². The molecule has 0 radical (unpaired) electrons. The van der Waals surface area contributed by atoms with E-state index in [-0.39, 0.29) is 6.10 Å². The largest absolute Gasteiger partial charge is 0.488 e. The number of aromatic nitrogens is 2. The van der Waals surface area contributed by atoms with Crippen LogP contribution in [0.5, 0.6) is 5.75 Å². The van der Waals surface area contributed by atoms with Gasteiger partial charge in [0.15, 0.2) is 0 Å². The van der Waals surface area contributed by atoms with Gasteiger partial charge in [-0.3, -0.25) is 0 Å².